The van der Waals surface area contributed by atoms with E-state index in [1.54, 1.807) is 11.3 Å². The highest BCUT2D eigenvalue weighted by Gasteiger charge is 2.23. The quantitative estimate of drug-likeness (QED) is 0.491. The Labute approximate surface area is 197 Å². The summed E-state index contributed by atoms with van der Waals surface area (Å²) in [6, 6.07) is 6.35. The minimum atomic E-state index is 0.157. The predicted octanol–water partition coefficient (Wildman–Crippen LogP) is 3.65. The van der Waals surface area contributed by atoms with Gasteiger partial charge in [-0.2, -0.15) is 0 Å². The van der Waals surface area contributed by atoms with Gasteiger partial charge in [-0.25, -0.2) is 4.98 Å². The summed E-state index contributed by atoms with van der Waals surface area (Å²) in [5, 5.41) is 12.7. The lowest BCUT2D eigenvalue weighted by atomic mass is 10.1. The van der Waals surface area contributed by atoms with Gasteiger partial charge in [-0.1, -0.05) is 30.8 Å². The molecule has 1 amide bonds. The van der Waals surface area contributed by atoms with Gasteiger partial charge in [-0.05, 0) is 44.4 Å². The number of aryl methyl sites for hydroxylation is 4. The molecule has 7 nitrogen and oxygen atoms in total. The van der Waals surface area contributed by atoms with Gasteiger partial charge in [0.15, 0.2) is 5.16 Å². The van der Waals surface area contributed by atoms with Crippen LogP contribution in [0.15, 0.2) is 28.7 Å². The molecule has 0 N–H and O–H groups in total. The van der Waals surface area contributed by atoms with Crippen LogP contribution < -0.4 is 0 Å². The number of nitrogens with zero attached hydrogens (tertiary/aromatic N) is 6. The van der Waals surface area contributed by atoms with Crippen LogP contribution in [0.3, 0.4) is 0 Å². The lowest BCUT2D eigenvalue weighted by Crippen LogP contribution is -2.48. The van der Waals surface area contributed by atoms with Crippen LogP contribution in [-0.2, 0) is 17.8 Å². The molecule has 2 aromatic heterocycles. The largest absolute Gasteiger partial charge is 0.339 e. The van der Waals surface area contributed by atoms with Crippen molar-refractivity contribution >= 4 is 29.0 Å². The zero-order valence-electron chi connectivity index (χ0n) is 19.2. The minimum Gasteiger partial charge on any atom is -0.339 e. The molecule has 3 aromatic rings. The number of carbonyl (C=O) groups is 1. The van der Waals surface area contributed by atoms with Gasteiger partial charge in [0.1, 0.15) is 5.82 Å². The number of thioether (sulfide) groups is 1. The maximum Gasteiger partial charge on any atom is 0.233 e. The first kappa shape index (κ1) is 22.9. The molecule has 0 unspecified atom stereocenters. The fraction of sp³-hybridized carbons (Fsp3) is 0.478. The lowest BCUT2D eigenvalue weighted by Gasteiger charge is -2.34. The smallest absolute Gasteiger partial charge is 0.233 e. The molecule has 0 atom stereocenters. The zero-order valence-corrected chi connectivity index (χ0v) is 20.8. The Kier molecular flexibility index (Phi) is 7.27. The fourth-order valence-electron chi connectivity index (χ4n) is 3.86. The number of rotatable bonds is 7. The second-order valence-electron chi connectivity index (χ2n) is 8.19. The molecule has 1 fully saturated rings. The molecule has 0 spiro atoms. The highest BCUT2D eigenvalue weighted by Crippen LogP contribution is 2.25. The molecule has 1 saturated heterocycles. The molecule has 9 heteroatoms. The Bertz CT molecular complexity index is 1080. The van der Waals surface area contributed by atoms with Gasteiger partial charge in [-0.3, -0.25) is 14.3 Å². The molecule has 0 radical (unpaired) electrons. The normalized spacial score (nSPS) is 14.8. The first-order chi connectivity index (χ1) is 15.4. The van der Waals surface area contributed by atoms with Crippen molar-refractivity contribution in [1.82, 2.24) is 29.5 Å². The highest BCUT2D eigenvalue weighted by molar-refractivity contribution is 7.99. The Morgan fingerprint density at radius 2 is 1.91 bits per heavy atom. The topological polar surface area (TPSA) is 67.2 Å². The molecule has 32 heavy (non-hydrogen) atoms. The number of aromatic nitrogens is 4. The summed E-state index contributed by atoms with van der Waals surface area (Å²) in [5.41, 5.74) is 4.56. The van der Waals surface area contributed by atoms with Crippen molar-refractivity contribution in [2.24, 2.45) is 0 Å². The predicted molar refractivity (Wildman–Crippen MR) is 130 cm³/mol. The van der Waals surface area contributed by atoms with Crippen LogP contribution in [0.5, 0.6) is 0 Å². The molecule has 1 aliphatic heterocycles. The van der Waals surface area contributed by atoms with Gasteiger partial charge in [0.2, 0.25) is 5.91 Å². The second-order valence-corrected chi connectivity index (χ2v) is 10.1. The molecule has 0 bridgehead atoms. The van der Waals surface area contributed by atoms with Crippen LogP contribution >= 0.6 is 23.1 Å². The minimum absolute atomic E-state index is 0.157. The van der Waals surface area contributed by atoms with Crippen LogP contribution in [0.2, 0.25) is 0 Å². The summed E-state index contributed by atoms with van der Waals surface area (Å²) in [5.74, 6) is 1.36. The van der Waals surface area contributed by atoms with Crippen LogP contribution in [-0.4, -0.2) is 67.4 Å². The number of thiazole rings is 1. The molecule has 170 valence electrons. The number of benzene rings is 1. The van der Waals surface area contributed by atoms with E-state index in [0.29, 0.717) is 5.75 Å². The van der Waals surface area contributed by atoms with Crippen molar-refractivity contribution < 1.29 is 4.79 Å². The van der Waals surface area contributed by atoms with Crippen molar-refractivity contribution in [3.8, 4) is 5.69 Å². The van der Waals surface area contributed by atoms with E-state index in [1.165, 1.54) is 22.3 Å². The summed E-state index contributed by atoms with van der Waals surface area (Å²) in [7, 11) is 0. The van der Waals surface area contributed by atoms with Crippen molar-refractivity contribution in [3.05, 3.63) is 51.2 Å². The molecule has 4 rings (SSSR count). The average molecular weight is 471 g/mol. The Balaban J connectivity index is 1.33. The summed E-state index contributed by atoms with van der Waals surface area (Å²) < 4.78 is 2.05. The van der Waals surface area contributed by atoms with Crippen molar-refractivity contribution in [2.45, 2.75) is 45.8 Å². The van der Waals surface area contributed by atoms with Gasteiger partial charge >= 0.3 is 0 Å². The summed E-state index contributed by atoms with van der Waals surface area (Å²) in [6.45, 7) is 12.4. The van der Waals surface area contributed by atoms with Gasteiger partial charge in [0.05, 0.1) is 22.1 Å². The second kappa shape index (κ2) is 10.1. The first-order valence-electron chi connectivity index (χ1n) is 11.0. The number of hydrogen-bond donors (Lipinski definition) is 0. The highest BCUT2D eigenvalue weighted by atomic mass is 32.2. The lowest BCUT2D eigenvalue weighted by molar-refractivity contribution is -0.130. The van der Waals surface area contributed by atoms with E-state index >= 15 is 0 Å². The summed E-state index contributed by atoms with van der Waals surface area (Å²) >= 11 is 3.20. The van der Waals surface area contributed by atoms with Gasteiger partial charge in [0, 0.05) is 38.1 Å². The molecule has 1 aliphatic rings. The maximum atomic E-state index is 12.9. The van der Waals surface area contributed by atoms with E-state index in [4.69, 9.17) is 0 Å². The van der Waals surface area contributed by atoms with Crippen molar-refractivity contribution in [3.63, 3.8) is 0 Å². The molecule has 3 heterocycles. The third kappa shape index (κ3) is 5.22. The van der Waals surface area contributed by atoms with E-state index in [-0.39, 0.29) is 5.91 Å². The summed E-state index contributed by atoms with van der Waals surface area (Å²) in [6.07, 6.45) is 0.987. The third-order valence-corrected chi connectivity index (χ3v) is 7.69. The molecule has 0 saturated carbocycles. The molecular weight excluding hydrogens is 440 g/mol. The van der Waals surface area contributed by atoms with Gasteiger partial charge in [0.25, 0.3) is 0 Å². The number of piperazine rings is 1. The van der Waals surface area contributed by atoms with Gasteiger partial charge < -0.3 is 4.90 Å². The van der Waals surface area contributed by atoms with E-state index in [2.05, 4.69) is 69.0 Å². The first-order valence-corrected chi connectivity index (χ1v) is 12.9. The van der Waals surface area contributed by atoms with E-state index in [0.717, 1.165) is 67.1 Å². The Morgan fingerprint density at radius 3 is 2.62 bits per heavy atom. The van der Waals surface area contributed by atoms with E-state index < -0.39 is 0 Å². The molecular formula is C23H30N6OS2. The van der Waals surface area contributed by atoms with Crippen LogP contribution in [0.1, 0.15) is 34.6 Å². The third-order valence-electron chi connectivity index (χ3n) is 5.74. The fourth-order valence-corrected chi connectivity index (χ4v) is 5.49. The van der Waals surface area contributed by atoms with Crippen LogP contribution in [0, 0.1) is 20.8 Å². The monoisotopic (exact) mass is 470 g/mol. The SMILES string of the molecule is CCc1nc(CN2CCN(C(=O)CSc3nnc(C)n3-c3cc(C)ccc3C)CC2)cs1. The van der Waals surface area contributed by atoms with E-state index in [1.807, 2.05) is 11.8 Å². The number of hydrogen-bond acceptors (Lipinski definition) is 7. The molecule has 1 aromatic carbocycles. The number of amides is 1. The average Bonchev–Trinajstić information content (AvgIpc) is 3.40. The molecule has 0 aliphatic carbocycles. The van der Waals surface area contributed by atoms with Crippen molar-refractivity contribution in [2.75, 3.05) is 31.9 Å². The maximum absolute atomic E-state index is 12.9. The summed E-state index contributed by atoms with van der Waals surface area (Å²) in [4.78, 5) is 21.9. The zero-order chi connectivity index (χ0) is 22.7. The standard InChI is InChI=1S/C23H30N6OS2/c1-5-21-24-19(14-31-21)13-27-8-10-28(11-9-27)22(30)15-32-23-26-25-18(4)29(23)20-12-16(2)6-7-17(20)3/h6-7,12,14H,5,8-11,13,15H2,1-4H3. The Morgan fingerprint density at radius 1 is 1.12 bits per heavy atom. The van der Waals surface area contributed by atoms with Crippen LogP contribution in [0.4, 0.5) is 0 Å². The van der Waals surface area contributed by atoms with E-state index in [9.17, 15) is 4.79 Å². The van der Waals surface area contributed by atoms with Crippen molar-refractivity contribution in [1.29, 1.82) is 0 Å². The Hall–Kier alpha value is -2.23. The van der Waals surface area contributed by atoms with Crippen LogP contribution in [0.25, 0.3) is 5.69 Å². The number of carbonyl (C=O) groups excluding carboxylic acids is 1. The van der Waals surface area contributed by atoms with Gasteiger partial charge in [-0.15, -0.1) is 21.5 Å².